The van der Waals surface area contributed by atoms with Crippen LogP contribution in [0.1, 0.15) is 10.5 Å². The van der Waals surface area contributed by atoms with Crippen LogP contribution in [0.2, 0.25) is 0 Å². The maximum atomic E-state index is 12.7. The molecule has 152 valence electrons. The summed E-state index contributed by atoms with van der Waals surface area (Å²) in [5.41, 5.74) is 2.77. The molecule has 0 spiro atoms. The van der Waals surface area contributed by atoms with E-state index in [0.29, 0.717) is 22.8 Å². The summed E-state index contributed by atoms with van der Waals surface area (Å²) in [6, 6.07) is 14.2. The number of imidazole rings is 1. The summed E-state index contributed by atoms with van der Waals surface area (Å²) in [4.78, 5) is 20.9. The Balaban J connectivity index is 1.60. The second kappa shape index (κ2) is 8.68. The van der Waals surface area contributed by atoms with Crippen LogP contribution in [-0.2, 0) is 0 Å². The third-order valence-corrected chi connectivity index (χ3v) is 4.30. The van der Waals surface area contributed by atoms with E-state index in [1.165, 1.54) is 10.7 Å². The Morgan fingerprint density at radius 2 is 2.07 bits per heavy atom. The maximum absolute atomic E-state index is 12.7. The Kier molecular flexibility index (Phi) is 5.64. The number of nitrogens with one attached hydrogen (secondary N) is 1. The van der Waals surface area contributed by atoms with Gasteiger partial charge in [0.25, 0.3) is 5.91 Å². The number of carbonyl (C=O) groups excluding carboxylic acids is 1. The molecule has 0 radical (unpaired) electrons. The number of benzene rings is 1. The Hall–Kier alpha value is -3.82. The van der Waals surface area contributed by atoms with Crippen molar-refractivity contribution in [2.45, 2.75) is 6.10 Å². The van der Waals surface area contributed by atoms with Gasteiger partial charge in [-0.2, -0.15) is 5.10 Å². The number of carbonyl (C=O) groups is 1. The van der Waals surface area contributed by atoms with Crippen LogP contribution < -0.4 is 10.1 Å². The van der Waals surface area contributed by atoms with E-state index in [2.05, 4.69) is 20.4 Å². The summed E-state index contributed by atoms with van der Waals surface area (Å²) in [6.45, 7) is -0.394. The fourth-order valence-electron chi connectivity index (χ4n) is 2.80. The number of pyridine rings is 1. The van der Waals surface area contributed by atoms with Crippen molar-refractivity contribution in [3.05, 3.63) is 72.8 Å². The van der Waals surface area contributed by atoms with Crippen molar-refractivity contribution in [1.82, 2.24) is 19.6 Å². The topological polar surface area (TPSA) is 122 Å². The molecule has 0 aliphatic carbocycles. The van der Waals surface area contributed by atoms with Gasteiger partial charge >= 0.3 is 0 Å². The minimum Gasteiger partial charge on any atom is -0.491 e. The quantitative estimate of drug-likeness (QED) is 0.428. The van der Waals surface area contributed by atoms with Crippen molar-refractivity contribution in [3.63, 3.8) is 0 Å². The standard InChI is InChI=1S/C21H19N5O4/c27-12-16(28)13-30-17-5-1-3-14(9-17)18-6-7-20-23-11-19(26(20)25-18)21(29)24-15-4-2-8-22-10-15/h1-11,16,27-28H,12-13H2,(H,24,29). The molecule has 0 saturated heterocycles. The highest BCUT2D eigenvalue weighted by Crippen LogP contribution is 2.23. The summed E-state index contributed by atoms with van der Waals surface area (Å²) in [7, 11) is 0. The zero-order valence-electron chi connectivity index (χ0n) is 15.8. The minimum absolute atomic E-state index is 0.0212. The Morgan fingerprint density at radius 3 is 2.87 bits per heavy atom. The van der Waals surface area contributed by atoms with Crippen molar-refractivity contribution < 1.29 is 19.7 Å². The molecule has 1 unspecified atom stereocenters. The van der Waals surface area contributed by atoms with E-state index in [1.54, 1.807) is 54.9 Å². The molecule has 0 aliphatic heterocycles. The molecule has 3 N–H and O–H groups in total. The third kappa shape index (κ3) is 4.27. The SMILES string of the molecule is O=C(Nc1cccnc1)c1cnc2ccc(-c3cccc(OCC(O)CO)c3)nn12. The van der Waals surface area contributed by atoms with Crippen molar-refractivity contribution in [1.29, 1.82) is 0 Å². The predicted molar refractivity (Wildman–Crippen MR) is 109 cm³/mol. The third-order valence-electron chi connectivity index (χ3n) is 4.30. The van der Waals surface area contributed by atoms with Crippen LogP contribution in [0.4, 0.5) is 5.69 Å². The van der Waals surface area contributed by atoms with Gasteiger partial charge in [-0.05, 0) is 36.4 Å². The van der Waals surface area contributed by atoms with E-state index in [-0.39, 0.29) is 24.8 Å². The number of ether oxygens (including phenoxy) is 1. The lowest BCUT2D eigenvalue weighted by Gasteiger charge is -2.11. The summed E-state index contributed by atoms with van der Waals surface area (Å²) < 4.78 is 6.97. The van der Waals surface area contributed by atoms with Crippen LogP contribution in [0.15, 0.2) is 67.1 Å². The number of amides is 1. The Labute approximate surface area is 171 Å². The first-order valence-electron chi connectivity index (χ1n) is 9.22. The molecule has 9 nitrogen and oxygen atoms in total. The van der Waals surface area contributed by atoms with E-state index < -0.39 is 6.10 Å². The zero-order chi connectivity index (χ0) is 20.9. The number of aliphatic hydroxyl groups excluding tert-OH is 2. The first kappa shape index (κ1) is 19.5. The number of hydrogen-bond donors (Lipinski definition) is 3. The predicted octanol–water partition coefficient (Wildman–Crippen LogP) is 1.78. The van der Waals surface area contributed by atoms with Crippen LogP contribution in [0, 0.1) is 0 Å². The van der Waals surface area contributed by atoms with Gasteiger partial charge < -0.3 is 20.3 Å². The number of hydrogen-bond acceptors (Lipinski definition) is 7. The summed E-state index contributed by atoms with van der Waals surface area (Å²) in [5.74, 6) is 0.178. The molecule has 0 aliphatic rings. The minimum atomic E-state index is -0.949. The molecule has 9 heteroatoms. The molecule has 1 amide bonds. The van der Waals surface area contributed by atoms with E-state index in [4.69, 9.17) is 9.84 Å². The molecule has 4 rings (SSSR count). The van der Waals surface area contributed by atoms with Crippen molar-refractivity contribution in [3.8, 4) is 17.0 Å². The molecule has 0 fully saturated rings. The lowest BCUT2D eigenvalue weighted by atomic mass is 10.1. The Bertz CT molecular complexity index is 1160. The molecule has 3 heterocycles. The monoisotopic (exact) mass is 405 g/mol. The van der Waals surface area contributed by atoms with E-state index in [1.807, 2.05) is 6.07 Å². The number of rotatable bonds is 7. The Morgan fingerprint density at radius 1 is 1.17 bits per heavy atom. The summed E-state index contributed by atoms with van der Waals surface area (Å²) >= 11 is 0. The van der Waals surface area contributed by atoms with E-state index in [0.717, 1.165) is 5.56 Å². The first-order valence-corrected chi connectivity index (χ1v) is 9.22. The first-order chi connectivity index (χ1) is 14.6. The van der Waals surface area contributed by atoms with Gasteiger partial charge in [-0.25, -0.2) is 9.50 Å². The molecule has 3 aromatic heterocycles. The van der Waals surface area contributed by atoms with Gasteiger partial charge in [0.05, 0.1) is 30.4 Å². The van der Waals surface area contributed by atoms with E-state index >= 15 is 0 Å². The van der Waals surface area contributed by atoms with Crippen LogP contribution in [-0.4, -0.2) is 55.0 Å². The highest BCUT2D eigenvalue weighted by Gasteiger charge is 2.15. The second-order valence-corrected chi connectivity index (χ2v) is 6.50. The van der Waals surface area contributed by atoms with Crippen molar-refractivity contribution >= 4 is 17.2 Å². The van der Waals surface area contributed by atoms with Gasteiger partial charge in [0, 0.05) is 11.8 Å². The normalized spacial score (nSPS) is 11.9. The van der Waals surface area contributed by atoms with Crippen molar-refractivity contribution in [2.24, 2.45) is 0 Å². The number of anilines is 1. The van der Waals surface area contributed by atoms with Crippen molar-refractivity contribution in [2.75, 3.05) is 18.5 Å². The highest BCUT2D eigenvalue weighted by molar-refractivity contribution is 6.03. The number of fused-ring (bicyclic) bond motifs is 1. The fraction of sp³-hybridized carbons (Fsp3) is 0.143. The number of aliphatic hydroxyl groups is 2. The molecule has 1 aromatic carbocycles. The zero-order valence-corrected chi connectivity index (χ0v) is 15.8. The van der Waals surface area contributed by atoms with E-state index in [9.17, 15) is 9.90 Å². The average molecular weight is 405 g/mol. The van der Waals surface area contributed by atoms with Gasteiger partial charge in [0.15, 0.2) is 11.3 Å². The van der Waals surface area contributed by atoms with Crippen LogP contribution in [0.5, 0.6) is 5.75 Å². The van der Waals surface area contributed by atoms with Gasteiger partial charge in [0.1, 0.15) is 18.5 Å². The second-order valence-electron chi connectivity index (χ2n) is 6.50. The lowest BCUT2D eigenvalue weighted by molar-refractivity contribution is 0.0536. The van der Waals surface area contributed by atoms with Crippen LogP contribution in [0.25, 0.3) is 16.9 Å². The fourth-order valence-corrected chi connectivity index (χ4v) is 2.80. The van der Waals surface area contributed by atoms with Crippen LogP contribution in [0.3, 0.4) is 0 Å². The van der Waals surface area contributed by atoms with Crippen LogP contribution >= 0.6 is 0 Å². The lowest BCUT2D eigenvalue weighted by Crippen LogP contribution is -2.21. The smallest absolute Gasteiger partial charge is 0.276 e. The van der Waals surface area contributed by atoms with Gasteiger partial charge in [-0.3, -0.25) is 9.78 Å². The maximum Gasteiger partial charge on any atom is 0.276 e. The van der Waals surface area contributed by atoms with Gasteiger partial charge in [-0.1, -0.05) is 12.1 Å². The largest absolute Gasteiger partial charge is 0.491 e. The molecule has 0 bridgehead atoms. The molecule has 0 saturated carbocycles. The summed E-state index contributed by atoms with van der Waals surface area (Å²) in [6.07, 6.45) is 3.70. The number of nitrogens with zero attached hydrogens (tertiary/aromatic N) is 4. The molecule has 30 heavy (non-hydrogen) atoms. The van der Waals surface area contributed by atoms with Gasteiger partial charge in [0.2, 0.25) is 0 Å². The molecule has 1 atom stereocenters. The molecular weight excluding hydrogens is 386 g/mol. The molecular formula is C21H19N5O4. The highest BCUT2D eigenvalue weighted by atomic mass is 16.5. The average Bonchev–Trinajstić information content (AvgIpc) is 3.22. The molecule has 4 aromatic rings. The summed E-state index contributed by atoms with van der Waals surface area (Å²) in [5, 5.41) is 25.7. The number of aromatic nitrogens is 4. The van der Waals surface area contributed by atoms with Gasteiger partial charge in [-0.15, -0.1) is 0 Å².